The number of aliphatic hydroxyl groups is 2. The number of hydrogen-bond donors (Lipinski definition) is 3. The second-order valence-corrected chi connectivity index (χ2v) is 9.67. The monoisotopic (exact) mass is 536 g/mol. The minimum absolute atomic E-state index is 0.0404. The van der Waals surface area contributed by atoms with Crippen LogP contribution in [0, 0.1) is 0 Å². The lowest BCUT2D eigenvalue weighted by molar-refractivity contribution is -0.0986. The standard InChI is InChI=1S/C23H28Cl4N2O4/c1-14(30)23(33-18-3-5-20(25)22(27)11-18)29(15-6-8-28-9-7-15)12-16(31)13-32-17-2-4-19(24)21(26)10-17/h2-5,10-11,14-16,23,28,30-31H,6-9,12-13H2,1H3/t14?,16-,23?/m1/s1. The van der Waals surface area contributed by atoms with Crippen molar-refractivity contribution in [2.45, 2.75) is 44.2 Å². The first kappa shape index (κ1) is 26.6. The van der Waals surface area contributed by atoms with Crippen LogP contribution in [0.15, 0.2) is 36.4 Å². The van der Waals surface area contributed by atoms with Crippen LogP contribution in [0.5, 0.6) is 11.5 Å². The van der Waals surface area contributed by atoms with Crippen molar-refractivity contribution in [3.05, 3.63) is 56.5 Å². The maximum Gasteiger partial charge on any atom is 0.178 e. The van der Waals surface area contributed by atoms with Crippen molar-refractivity contribution in [3.63, 3.8) is 0 Å². The highest BCUT2D eigenvalue weighted by atomic mass is 35.5. The molecule has 182 valence electrons. The van der Waals surface area contributed by atoms with Crippen LogP contribution in [-0.4, -0.2) is 65.8 Å². The summed E-state index contributed by atoms with van der Waals surface area (Å²) in [6.07, 6.45) is -0.668. The molecule has 1 aliphatic rings. The quantitative estimate of drug-likeness (QED) is 0.375. The van der Waals surface area contributed by atoms with Crippen molar-refractivity contribution in [1.82, 2.24) is 10.2 Å². The lowest BCUT2D eigenvalue weighted by Crippen LogP contribution is -2.56. The Morgan fingerprint density at radius 1 is 0.939 bits per heavy atom. The number of benzene rings is 2. The fourth-order valence-electron chi connectivity index (χ4n) is 3.79. The molecule has 3 N–H and O–H groups in total. The summed E-state index contributed by atoms with van der Waals surface area (Å²) in [7, 11) is 0. The third-order valence-electron chi connectivity index (χ3n) is 5.42. The number of nitrogens with zero attached hydrogens (tertiary/aromatic N) is 1. The SMILES string of the molecule is CC(O)C(Oc1ccc(Cl)c(Cl)c1)N(C[C@@H](O)COc1ccc(Cl)c(Cl)c1)C1CCNCC1. The molecule has 0 bridgehead atoms. The summed E-state index contributed by atoms with van der Waals surface area (Å²) in [5.74, 6) is 0.992. The van der Waals surface area contributed by atoms with Gasteiger partial charge in [-0.1, -0.05) is 46.4 Å². The number of hydrogen-bond acceptors (Lipinski definition) is 6. The number of rotatable bonds is 10. The van der Waals surface area contributed by atoms with E-state index in [1.54, 1.807) is 43.3 Å². The molecule has 1 heterocycles. The molecule has 6 nitrogen and oxygen atoms in total. The van der Waals surface area contributed by atoms with Gasteiger partial charge in [-0.3, -0.25) is 4.90 Å². The van der Waals surface area contributed by atoms with Gasteiger partial charge in [0.25, 0.3) is 0 Å². The highest BCUT2D eigenvalue weighted by Gasteiger charge is 2.33. The van der Waals surface area contributed by atoms with Gasteiger partial charge in [-0.05, 0) is 57.1 Å². The van der Waals surface area contributed by atoms with Gasteiger partial charge in [0.05, 0.1) is 20.1 Å². The first-order valence-corrected chi connectivity index (χ1v) is 12.3. The Morgan fingerprint density at radius 2 is 1.52 bits per heavy atom. The van der Waals surface area contributed by atoms with Gasteiger partial charge in [-0.2, -0.15) is 0 Å². The van der Waals surface area contributed by atoms with Crippen LogP contribution < -0.4 is 14.8 Å². The predicted molar refractivity (Wildman–Crippen MR) is 133 cm³/mol. The first-order valence-electron chi connectivity index (χ1n) is 10.8. The second kappa shape index (κ2) is 12.7. The summed E-state index contributed by atoms with van der Waals surface area (Å²) in [5.41, 5.74) is 0. The van der Waals surface area contributed by atoms with Crippen molar-refractivity contribution < 1.29 is 19.7 Å². The maximum atomic E-state index is 10.8. The van der Waals surface area contributed by atoms with Crippen molar-refractivity contribution in [2.24, 2.45) is 0 Å². The second-order valence-electron chi connectivity index (χ2n) is 8.04. The van der Waals surface area contributed by atoms with Gasteiger partial charge in [-0.25, -0.2) is 0 Å². The molecule has 2 aromatic carbocycles. The summed E-state index contributed by atoms with van der Waals surface area (Å²) in [4.78, 5) is 2.00. The topological polar surface area (TPSA) is 74.2 Å². The van der Waals surface area contributed by atoms with E-state index in [0.717, 1.165) is 25.9 Å². The van der Waals surface area contributed by atoms with Gasteiger partial charge < -0.3 is 25.0 Å². The van der Waals surface area contributed by atoms with Gasteiger partial charge in [0.2, 0.25) is 0 Å². The minimum Gasteiger partial charge on any atom is -0.491 e. The lowest BCUT2D eigenvalue weighted by atomic mass is 10.0. The van der Waals surface area contributed by atoms with Gasteiger partial charge >= 0.3 is 0 Å². The summed E-state index contributed by atoms with van der Waals surface area (Å²) < 4.78 is 11.9. The highest BCUT2D eigenvalue weighted by molar-refractivity contribution is 6.42. The molecule has 0 radical (unpaired) electrons. The first-order chi connectivity index (χ1) is 15.7. The van der Waals surface area contributed by atoms with Gasteiger partial charge in [0, 0.05) is 24.7 Å². The van der Waals surface area contributed by atoms with E-state index in [-0.39, 0.29) is 19.2 Å². The Morgan fingerprint density at radius 3 is 2.09 bits per heavy atom. The summed E-state index contributed by atoms with van der Waals surface area (Å²) >= 11 is 24.1. The third-order valence-corrected chi connectivity index (χ3v) is 6.90. The van der Waals surface area contributed by atoms with Crippen molar-refractivity contribution in [2.75, 3.05) is 26.2 Å². The van der Waals surface area contributed by atoms with E-state index in [4.69, 9.17) is 55.9 Å². The van der Waals surface area contributed by atoms with Gasteiger partial charge in [0.1, 0.15) is 30.3 Å². The zero-order valence-corrected chi connectivity index (χ0v) is 21.2. The van der Waals surface area contributed by atoms with E-state index >= 15 is 0 Å². The average molecular weight is 538 g/mol. The summed E-state index contributed by atoms with van der Waals surface area (Å²) in [6, 6.07) is 10.0. The van der Waals surface area contributed by atoms with Gasteiger partial charge in [0.15, 0.2) is 6.23 Å². The molecule has 0 saturated carbocycles. The van der Waals surface area contributed by atoms with Crippen LogP contribution in [0.1, 0.15) is 19.8 Å². The molecule has 3 rings (SSSR count). The number of ether oxygens (including phenoxy) is 2. The summed E-state index contributed by atoms with van der Waals surface area (Å²) in [6.45, 7) is 3.63. The van der Waals surface area contributed by atoms with Crippen molar-refractivity contribution >= 4 is 46.4 Å². The molecule has 1 aliphatic heterocycles. The number of nitrogens with one attached hydrogen (secondary N) is 1. The molecule has 0 spiro atoms. The van der Waals surface area contributed by atoms with Crippen LogP contribution in [0.25, 0.3) is 0 Å². The van der Waals surface area contributed by atoms with E-state index in [1.165, 1.54) is 0 Å². The molecule has 33 heavy (non-hydrogen) atoms. The Hall–Kier alpha value is -0.960. The Labute approximate surface area is 214 Å². The Kier molecular flexibility index (Phi) is 10.2. The number of halogens is 4. The van der Waals surface area contributed by atoms with E-state index in [2.05, 4.69) is 5.32 Å². The molecule has 10 heteroatoms. The van der Waals surface area contributed by atoms with Crippen LogP contribution in [0.4, 0.5) is 0 Å². The summed E-state index contributed by atoms with van der Waals surface area (Å²) in [5, 5.41) is 26.3. The fraction of sp³-hybridized carbons (Fsp3) is 0.478. The van der Waals surface area contributed by atoms with Crippen molar-refractivity contribution in [1.29, 1.82) is 0 Å². The molecule has 2 aromatic rings. The zero-order valence-electron chi connectivity index (χ0n) is 18.2. The van der Waals surface area contributed by atoms with E-state index in [9.17, 15) is 10.2 Å². The molecule has 0 amide bonds. The zero-order chi connectivity index (χ0) is 24.0. The molecular formula is C23H28Cl4N2O4. The lowest BCUT2D eigenvalue weighted by Gasteiger charge is -2.41. The van der Waals surface area contributed by atoms with Crippen LogP contribution in [0.2, 0.25) is 20.1 Å². The average Bonchev–Trinajstić information content (AvgIpc) is 2.79. The molecule has 1 fully saturated rings. The van der Waals surface area contributed by atoms with E-state index < -0.39 is 18.4 Å². The molecule has 3 atom stereocenters. The highest BCUT2D eigenvalue weighted by Crippen LogP contribution is 2.29. The number of aliphatic hydroxyl groups excluding tert-OH is 2. The third kappa shape index (κ3) is 7.77. The Balaban J connectivity index is 1.73. The van der Waals surface area contributed by atoms with E-state index in [1.807, 2.05) is 4.90 Å². The van der Waals surface area contributed by atoms with Crippen molar-refractivity contribution in [3.8, 4) is 11.5 Å². The predicted octanol–water partition coefficient (Wildman–Crippen LogP) is 4.88. The van der Waals surface area contributed by atoms with Gasteiger partial charge in [-0.15, -0.1) is 0 Å². The molecule has 0 aromatic heterocycles. The largest absolute Gasteiger partial charge is 0.491 e. The van der Waals surface area contributed by atoms with Crippen LogP contribution >= 0.6 is 46.4 Å². The molecular weight excluding hydrogens is 510 g/mol. The minimum atomic E-state index is -0.840. The number of piperidine rings is 1. The molecule has 2 unspecified atom stereocenters. The smallest absolute Gasteiger partial charge is 0.178 e. The van der Waals surface area contributed by atoms with E-state index in [0.29, 0.717) is 31.6 Å². The fourth-order valence-corrected chi connectivity index (χ4v) is 4.36. The molecule has 1 saturated heterocycles. The van der Waals surface area contributed by atoms with Crippen LogP contribution in [-0.2, 0) is 0 Å². The Bertz CT molecular complexity index is 912. The normalized spacial score (nSPS) is 17.6. The van der Waals surface area contributed by atoms with Crippen LogP contribution in [0.3, 0.4) is 0 Å². The molecule has 0 aliphatic carbocycles. The maximum absolute atomic E-state index is 10.8.